The Hall–Kier alpha value is -0.820. The van der Waals surface area contributed by atoms with Crippen LogP contribution >= 0.6 is 11.6 Å². The van der Waals surface area contributed by atoms with E-state index in [0.717, 1.165) is 5.56 Å². The fourth-order valence-electron chi connectivity index (χ4n) is 2.20. The second-order valence-electron chi connectivity index (χ2n) is 5.56. The average molecular weight is 334 g/mol. The van der Waals surface area contributed by atoms with E-state index < -0.39 is 22.0 Å². The highest BCUT2D eigenvalue weighted by molar-refractivity contribution is 7.91. The first-order chi connectivity index (χ1) is 9.78. The van der Waals surface area contributed by atoms with Crippen molar-refractivity contribution in [2.45, 2.75) is 38.6 Å². The molecule has 1 heterocycles. The summed E-state index contributed by atoms with van der Waals surface area (Å²) in [4.78, 5) is 0. The molecule has 1 aliphatic rings. The molecule has 0 bridgehead atoms. The Kier molecular flexibility index (Phi) is 5.14. The molecule has 2 unspecified atom stereocenters. The smallest absolute Gasteiger partial charge is 0.156 e. The van der Waals surface area contributed by atoms with Gasteiger partial charge in [-0.3, -0.25) is 0 Å². The Balaban J connectivity index is 2.19. The van der Waals surface area contributed by atoms with Gasteiger partial charge in [-0.25, -0.2) is 8.42 Å². The van der Waals surface area contributed by atoms with Gasteiger partial charge < -0.3 is 15.2 Å². The molecule has 1 aromatic carbocycles. The monoisotopic (exact) mass is 333 g/mol. The molecule has 1 fully saturated rings. The quantitative estimate of drug-likeness (QED) is 0.851. The molecule has 1 aromatic rings. The minimum absolute atomic E-state index is 0.184. The van der Waals surface area contributed by atoms with Gasteiger partial charge in [0, 0.05) is 18.2 Å². The van der Waals surface area contributed by atoms with Crippen LogP contribution in [0.2, 0.25) is 5.02 Å². The van der Waals surface area contributed by atoms with E-state index in [2.05, 4.69) is 5.32 Å². The average Bonchev–Trinajstić information content (AvgIpc) is 2.63. The Morgan fingerprint density at radius 3 is 2.71 bits per heavy atom. The maximum absolute atomic E-state index is 11.5. The predicted molar refractivity (Wildman–Crippen MR) is 82.5 cm³/mol. The highest BCUT2D eigenvalue weighted by Crippen LogP contribution is 2.31. The largest absolute Gasteiger partial charge is 0.485 e. The lowest BCUT2D eigenvalue weighted by molar-refractivity contribution is 0.0731. The predicted octanol–water partition coefficient (Wildman–Crippen LogP) is 1.37. The van der Waals surface area contributed by atoms with Crippen LogP contribution in [0.25, 0.3) is 0 Å². The number of halogens is 1. The molecule has 118 valence electrons. The van der Waals surface area contributed by atoms with Gasteiger partial charge in [-0.2, -0.15) is 0 Å². The van der Waals surface area contributed by atoms with E-state index in [-0.39, 0.29) is 11.5 Å². The molecule has 5 nitrogen and oxygen atoms in total. The van der Waals surface area contributed by atoms with Crippen molar-refractivity contribution in [3.8, 4) is 5.75 Å². The number of ether oxygens (including phenoxy) is 1. The van der Waals surface area contributed by atoms with Crippen molar-refractivity contribution < 1.29 is 18.3 Å². The molecule has 0 radical (unpaired) electrons. The van der Waals surface area contributed by atoms with Crippen molar-refractivity contribution in [1.29, 1.82) is 0 Å². The number of nitrogens with one attached hydrogen (secondary N) is 1. The molecule has 0 aromatic heterocycles. The third-order valence-electron chi connectivity index (χ3n) is 3.29. The number of aliphatic hydroxyl groups excluding tert-OH is 1. The van der Waals surface area contributed by atoms with Crippen molar-refractivity contribution in [2.24, 2.45) is 0 Å². The summed E-state index contributed by atoms with van der Waals surface area (Å²) >= 11 is 6.16. The first-order valence-electron chi connectivity index (χ1n) is 6.84. The summed E-state index contributed by atoms with van der Waals surface area (Å²) in [6.07, 6.45) is -1.79. The summed E-state index contributed by atoms with van der Waals surface area (Å²) < 4.78 is 28.8. The minimum Gasteiger partial charge on any atom is -0.485 e. The van der Waals surface area contributed by atoms with Gasteiger partial charge in [0.15, 0.2) is 9.84 Å². The molecule has 1 saturated heterocycles. The number of hydrogen-bond donors (Lipinski definition) is 2. The van der Waals surface area contributed by atoms with E-state index in [1.807, 2.05) is 26.0 Å². The SMILES string of the molecule is CC(C)NCc1cccc(Cl)c1OC1CS(=O)(=O)CC1O. The highest BCUT2D eigenvalue weighted by Gasteiger charge is 2.38. The molecule has 2 atom stereocenters. The molecule has 7 heteroatoms. The maximum Gasteiger partial charge on any atom is 0.156 e. The number of para-hydroxylation sites is 1. The van der Waals surface area contributed by atoms with Gasteiger partial charge in [-0.1, -0.05) is 37.6 Å². The Bertz CT molecular complexity index is 603. The summed E-state index contributed by atoms with van der Waals surface area (Å²) in [5, 5.41) is 13.5. The molecule has 21 heavy (non-hydrogen) atoms. The number of benzene rings is 1. The summed E-state index contributed by atoms with van der Waals surface area (Å²) in [7, 11) is -3.25. The van der Waals surface area contributed by atoms with Crippen LogP contribution in [0.3, 0.4) is 0 Å². The van der Waals surface area contributed by atoms with Crippen LogP contribution < -0.4 is 10.1 Å². The molecule has 0 aliphatic carbocycles. The fraction of sp³-hybridized carbons (Fsp3) is 0.571. The summed E-state index contributed by atoms with van der Waals surface area (Å²) in [5.74, 6) is -0.00790. The van der Waals surface area contributed by atoms with E-state index in [0.29, 0.717) is 23.4 Å². The van der Waals surface area contributed by atoms with E-state index in [4.69, 9.17) is 16.3 Å². The fourth-order valence-corrected chi connectivity index (χ4v) is 4.10. The van der Waals surface area contributed by atoms with Gasteiger partial charge in [-0.05, 0) is 6.07 Å². The van der Waals surface area contributed by atoms with Crippen molar-refractivity contribution in [2.75, 3.05) is 11.5 Å². The van der Waals surface area contributed by atoms with Crippen molar-refractivity contribution in [3.05, 3.63) is 28.8 Å². The topological polar surface area (TPSA) is 75.6 Å². The van der Waals surface area contributed by atoms with Gasteiger partial charge in [0.05, 0.1) is 16.5 Å². The Labute approximate surface area is 130 Å². The number of rotatable bonds is 5. The molecule has 0 amide bonds. The first-order valence-corrected chi connectivity index (χ1v) is 9.04. The summed E-state index contributed by atoms with van der Waals surface area (Å²) in [6.45, 7) is 4.61. The summed E-state index contributed by atoms with van der Waals surface area (Å²) in [5.41, 5.74) is 0.840. The third-order valence-corrected chi connectivity index (χ3v) is 5.27. The molecule has 0 spiro atoms. The highest BCUT2D eigenvalue weighted by atomic mass is 35.5. The van der Waals surface area contributed by atoms with E-state index >= 15 is 0 Å². The van der Waals surface area contributed by atoms with Crippen LogP contribution in [-0.4, -0.2) is 43.3 Å². The molecule has 0 saturated carbocycles. The van der Waals surface area contributed by atoms with E-state index in [9.17, 15) is 13.5 Å². The Morgan fingerprint density at radius 1 is 1.43 bits per heavy atom. The molecular weight excluding hydrogens is 314 g/mol. The zero-order chi connectivity index (χ0) is 15.6. The van der Waals surface area contributed by atoms with Crippen LogP contribution in [0.5, 0.6) is 5.75 Å². The van der Waals surface area contributed by atoms with Crippen LogP contribution in [-0.2, 0) is 16.4 Å². The van der Waals surface area contributed by atoms with Crippen LogP contribution in [0, 0.1) is 0 Å². The Morgan fingerprint density at radius 2 is 2.14 bits per heavy atom. The minimum atomic E-state index is -3.25. The molecule has 2 rings (SSSR count). The van der Waals surface area contributed by atoms with Crippen molar-refractivity contribution in [3.63, 3.8) is 0 Å². The normalized spacial score (nSPS) is 24.4. The van der Waals surface area contributed by atoms with Gasteiger partial charge in [0.2, 0.25) is 0 Å². The lowest BCUT2D eigenvalue weighted by atomic mass is 10.1. The van der Waals surface area contributed by atoms with Gasteiger partial charge in [0.25, 0.3) is 0 Å². The number of sulfone groups is 1. The zero-order valence-corrected chi connectivity index (χ0v) is 13.6. The maximum atomic E-state index is 11.5. The number of hydrogen-bond acceptors (Lipinski definition) is 5. The molecular formula is C14H20ClNO4S. The standard InChI is InChI=1S/C14H20ClNO4S/c1-9(2)16-6-10-4-3-5-11(15)14(10)20-13-8-21(18,19)7-12(13)17/h3-5,9,12-13,16-17H,6-8H2,1-2H3. The summed E-state index contributed by atoms with van der Waals surface area (Å²) in [6, 6.07) is 5.67. The lowest BCUT2D eigenvalue weighted by Crippen LogP contribution is -2.30. The molecule has 2 N–H and O–H groups in total. The third kappa shape index (κ3) is 4.32. The lowest BCUT2D eigenvalue weighted by Gasteiger charge is -2.20. The van der Waals surface area contributed by atoms with E-state index in [1.165, 1.54) is 0 Å². The van der Waals surface area contributed by atoms with E-state index in [1.54, 1.807) is 6.07 Å². The van der Waals surface area contributed by atoms with Gasteiger partial charge >= 0.3 is 0 Å². The van der Waals surface area contributed by atoms with Crippen molar-refractivity contribution >= 4 is 21.4 Å². The first kappa shape index (κ1) is 16.5. The van der Waals surface area contributed by atoms with Crippen LogP contribution in [0.15, 0.2) is 18.2 Å². The second-order valence-corrected chi connectivity index (χ2v) is 8.13. The van der Waals surface area contributed by atoms with Crippen LogP contribution in [0.4, 0.5) is 0 Å². The number of aliphatic hydroxyl groups is 1. The van der Waals surface area contributed by atoms with Gasteiger partial charge in [0.1, 0.15) is 18.0 Å². The second kappa shape index (κ2) is 6.52. The molecule has 1 aliphatic heterocycles. The van der Waals surface area contributed by atoms with Gasteiger partial charge in [-0.15, -0.1) is 0 Å². The van der Waals surface area contributed by atoms with Crippen molar-refractivity contribution in [1.82, 2.24) is 5.32 Å². The zero-order valence-electron chi connectivity index (χ0n) is 12.0. The van der Waals surface area contributed by atoms with Crippen LogP contribution in [0.1, 0.15) is 19.4 Å².